The Morgan fingerprint density at radius 1 is 1.12 bits per heavy atom. The second kappa shape index (κ2) is 5.87. The van der Waals surface area contributed by atoms with Gasteiger partial charge < -0.3 is 4.74 Å². The Kier molecular flexibility index (Phi) is 4.69. The smallest absolute Gasteiger partial charge is 0.217 e. The first-order valence-corrected chi connectivity index (χ1v) is 8.31. The molecule has 2 aliphatic rings. The Morgan fingerprint density at radius 2 is 1.71 bits per heavy atom. The zero-order valence-electron chi connectivity index (χ0n) is 9.98. The van der Waals surface area contributed by atoms with Gasteiger partial charge in [0.15, 0.2) is 0 Å². The molecule has 2 fully saturated rings. The molecule has 0 aromatic heterocycles. The van der Waals surface area contributed by atoms with E-state index in [1.54, 1.807) is 4.31 Å². The lowest BCUT2D eigenvalue weighted by atomic mass is 10.0. The SMILES string of the molecule is O=S(=O)(C1CCOCC1)N1CCC(CCl)CC1. The van der Waals surface area contributed by atoms with Crippen molar-refractivity contribution in [2.45, 2.75) is 30.9 Å². The number of alkyl halides is 1. The van der Waals surface area contributed by atoms with Gasteiger partial charge in [-0.25, -0.2) is 12.7 Å². The summed E-state index contributed by atoms with van der Waals surface area (Å²) < 4.78 is 31.6. The molecular weight excluding hydrogens is 262 g/mol. The van der Waals surface area contributed by atoms with Crippen molar-refractivity contribution in [3.8, 4) is 0 Å². The summed E-state index contributed by atoms with van der Waals surface area (Å²) in [4.78, 5) is 0. The summed E-state index contributed by atoms with van der Waals surface area (Å²) in [5.41, 5.74) is 0. The van der Waals surface area contributed by atoms with E-state index in [0.717, 1.165) is 12.8 Å². The summed E-state index contributed by atoms with van der Waals surface area (Å²) in [7, 11) is -3.11. The monoisotopic (exact) mass is 281 g/mol. The minimum Gasteiger partial charge on any atom is -0.381 e. The van der Waals surface area contributed by atoms with Gasteiger partial charge in [-0.1, -0.05) is 0 Å². The van der Waals surface area contributed by atoms with Crippen molar-refractivity contribution in [1.82, 2.24) is 4.31 Å². The number of nitrogens with zero attached hydrogens (tertiary/aromatic N) is 1. The van der Waals surface area contributed by atoms with Crippen LogP contribution in [0.1, 0.15) is 25.7 Å². The first-order valence-electron chi connectivity index (χ1n) is 6.27. The fraction of sp³-hybridized carbons (Fsp3) is 1.00. The predicted molar refractivity (Wildman–Crippen MR) is 67.8 cm³/mol. The van der Waals surface area contributed by atoms with Crippen molar-refractivity contribution in [2.24, 2.45) is 5.92 Å². The number of sulfonamides is 1. The molecule has 6 heteroatoms. The third kappa shape index (κ3) is 3.13. The van der Waals surface area contributed by atoms with E-state index in [9.17, 15) is 8.42 Å². The number of hydrogen-bond donors (Lipinski definition) is 0. The lowest BCUT2D eigenvalue weighted by molar-refractivity contribution is 0.0968. The highest BCUT2D eigenvalue weighted by molar-refractivity contribution is 7.89. The predicted octanol–water partition coefficient (Wildman–Crippen LogP) is 1.45. The molecule has 0 aromatic carbocycles. The molecule has 0 unspecified atom stereocenters. The third-order valence-electron chi connectivity index (χ3n) is 3.74. The van der Waals surface area contributed by atoms with Crippen molar-refractivity contribution in [3.05, 3.63) is 0 Å². The van der Waals surface area contributed by atoms with Crippen LogP contribution in [0.4, 0.5) is 0 Å². The van der Waals surface area contributed by atoms with Gasteiger partial charge in [0, 0.05) is 32.2 Å². The second-order valence-electron chi connectivity index (χ2n) is 4.85. The van der Waals surface area contributed by atoms with Crippen LogP contribution in [-0.4, -0.2) is 50.2 Å². The van der Waals surface area contributed by atoms with E-state index in [-0.39, 0.29) is 5.25 Å². The minimum atomic E-state index is -3.11. The molecule has 2 saturated heterocycles. The first kappa shape index (κ1) is 13.6. The van der Waals surface area contributed by atoms with E-state index < -0.39 is 10.0 Å². The zero-order chi connectivity index (χ0) is 12.3. The Hall–Kier alpha value is 0.160. The third-order valence-corrected chi connectivity index (χ3v) is 6.58. The normalized spacial score (nSPS) is 26.2. The Bertz CT molecular complexity index is 333. The van der Waals surface area contributed by atoms with Crippen molar-refractivity contribution >= 4 is 21.6 Å². The Morgan fingerprint density at radius 3 is 2.24 bits per heavy atom. The number of rotatable bonds is 3. The lowest BCUT2D eigenvalue weighted by Crippen LogP contribution is -2.45. The molecule has 17 heavy (non-hydrogen) atoms. The molecule has 0 aliphatic carbocycles. The fourth-order valence-electron chi connectivity index (χ4n) is 2.50. The van der Waals surface area contributed by atoms with Gasteiger partial charge in [-0.15, -0.1) is 11.6 Å². The first-order chi connectivity index (χ1) is 8.14. The van der Waals surface area contributed by atoms with Gasteiger partial charge in [-0.2, -0.15) is 0 Å². The molecule has 0 N–H and O–H groups in total. The number of ether oxygens (including phenoxy) is 1. The van der Waals surface area contributed by atoms with E-state index in [4.69, 9.17) is 16.3 Å². The number of piperidine rings is 1. The van der Waals surface area contributed by atoms with E-state index >= 15 is 0 Å². The lowest BCUT2D eigenvalue weighted by Gasteiger charge is -2.34. The molecule has 0 radical (unpaired) electrons. The minimum absolute atomic E-state index is 0.233. The topological polar surface area (TPSA) is 46.6 Å². The molecule has 2 rings (SSSR count). The van der Waals surface area contributed by atoms with Crippen LogP contribution in [-0.2, 0) is 14.8 Å². The Balaban J connectivity index is 1.96. The van der Waals surface area contributed by atoms with Gasteiger partial charge in [0.05, 0.1) is 5.25 Å². The highest BCUT2D eigenvalue weighted by Gasteiger charge is 2.35. The van der Waals surface area contributed by atoms with Crippen molar-refractivity contribution in [2.75, 3.05) is 32.2 Å². The molecule has 2 heterocycles. The average Bonchev–Trinajstić information content (AvgIpc) is 2.40. The Labute approximate surface area is 108 Å². The maximum absolute atomic E-state index is 12.4. The van der Waals surface area contributed by atoms with E-state index in [1.165, 1.54) is 0 Å². The summed E-state index contributed by atoms with van der Waals surface area (Å²) >= 11 is 5.81. The van der Waals surface area contributed by atoms with Gasteiger partial charge in [0.1, 0.15) is 0 Å². The molecule has 0 saturated carbocycles. The molecule has 0 spiro atoms. The summed E-state index contributed by atoms with van der Waals surface area (Å²) in [6.07, 6.45) is 3.06. The van der Waals surface area contributed by atoms with Crippen LogP contribution in [0.25, 0.3) is 0 Å². The van der Waals surface area contributed by atoms with E-state index in [1.807, 2.05) is 0 Å². The fourth-order valence-corrected chi connectivity index (χ4v) is 4.74. The highest BCUT2D eigenvalue weighted by Crippen LogP contribution is 2.25. The van der Waals surface area contributed by atoms with Gasteiger partial charge in [-0.3, -0.25) is 0 Å². The summed E-state index contributed by atoms with van der Waals surface area (Å²) in [6, 6.07) is 0. The van der Waals surface area contributed by atoms with Crippen molar-refractivity contribution < 1.29 is 13.2 Å². The maximum atomic E-state index is 12.4. The van der Waals surface area contributed by atoms with Crippen LogP contribution in [0.2, 0.25) is 0 Å². The van der Waals surface area contributed by atoms with Crippen LogP contribution in [0.5, 0.6) is 0 Å². The standard InChI is InChI=1S/C11H20ClNO3S/c12-9-10-1-5-13(6-2-10)17(14,15)11-3-7-16-8-4-11/h10-11H,1-9H2. The molecular formula is C11H20ClNO3S. The molecule has 0 amide bonds. The van der Waals surface area contributed by atoms with Gasteiger partial charge in [0.2, 0.25) is 10.0 Å². The van der Waals surface area contributed by atoms with Crippen LogP contribution in [0.3, 0.4) is 0 Å². The molecule has 0 aromatic rings. The summed E-state index contributed by atoms with van der Waals surface area (Å²) in [5, 5.41) is -0.233. The van der Waals surface area contributed by atoms with E-state index in [0.29, 0.717) is 50.9 Å². The van der Waals surface area contributed by atoms with Crippen LogP contribution in [0, 0.1) is 5.92 Å². The number of halogens is 1. The van der Waals surface area contributed by atoms with Gasteiger partial charge >= 0.3 is 0 Å². The van der Waals surface area contributed by atoms with Crippen LogP contribution < -0.4 is 0 Å². The highest BCUT2D eigenvalue weighted by atomic mass is 35.5. The van der Waals surface area contributed by atoms with Crippen LogP contribution >= 0.6 is 11.6 Å². The average molecular weight is 282 g/mol. The van der Waals surface area contributed by atoms with E-state index in [2.05, 4.69) is 0 Å². The molecule has 2 aliphatic heterocycles. The summed E-state index contributed by atoms with van der Waals surface area (Å²) in [5.74, 6) is 1.13. The zero-order valence-corrected chi connectivity index (χ0v) is 11.5. The van der Waals surface area contributed by atoms with Gasteiger partial charge in [0.25, 0.3) is 0 Å². The molecule has 100 valence electrons. The molecule has 0 bridgehead atoms. The largest absolute Gasteiger partial charge is 0.381 e. The maximum Gasteiger partial charge on any atom is 0.217 e. The van der Waals surface area contributed by atoms with Crippen molar-refractivity contribution in [1.29, 1.82) is 0 Å². The number of hydrogen-bond acceptors (Lipinski definition) is 3. The quantitative estimate of drug-likeness (QED) is 0.736. The second-order valence-corrected chi connectivity index (χ2v) is 7.38. The molecule has 4 nitrogen and oxygen atoms in total. The van der Waals surface area contributed by atoms with Crippen molar-refractivity contribution in [3.63, 3.8) is 0 Å². The molecule has 0 atom stereocenters. The van der Waals surface area contributed by atoms with Crippen LogP contribution in [0.15, 0.2) is 0 Å². The van der Waals surface area contributed by atoms with Gasteiger partial charge in [-0.05, 0) is 31.6 Å². The summed E-state index contributed by atoms with van der Waals surface area (Å²) in [6.45, 7) is 2.41.